The van der Waals surface area contributed by atoms with E-state index in [0.717, 1.165) is 25.3 Å². The fourth-order valence-corrected chi connectivity index (χ4v) is 2.68. The summed E-state index contributed by atoms with van der Waals surface area (Å²) in [6, 6.07) is 6.34. The third-order valence-corrected chi connectivity index (χ3v) is 4.03. The van der Waals surface area contributed by atoms with E-state index in [2.05, 4.69) is 44.3 Å². The summed E-state index contributed by atoms with van der Waals surface area (Å²) in [4.78, 5) is 0. The fourth-order valence-electron chi connectivity index (χ4n) is 2.68. The molecule has 2 rings (SSSR count). The van der Waals surface area contributed by atoms with Crippen molar-refractivity contribution in [3.8, 4) is 5.75 Å². The van der Waals surface area contributed by atoms with Crippen LogP contribution in [0.25, 0.3) is 0 Å². The molecule has 1 heterocycles. The zero-order valence-electron chi connectivity index (χ0n) is 11.8. The molecule has 0 aliphatic carbocycles. The van der Waals surface area contributed by atoms with Gasteiger partial charge in [0.05, 0.1) is 0 Å². The van der Waals surface area contributed by atoms with E-state index in [1.807, 2.05) is 0 Å². The van der Waals surface area contributed by atoms with Gasteiger partial charge in [-0.15, -0.1) is 0 Å². The molecule has 1 aliphatic heterocycles. The molecular weight excluding hydrogens is 222 g/mol. The molecule has 1 aromatic rings. The van der Waals surface area contributed by atoms with Gasteiger partial charge in [0, 0.05) is 12.5 Å². The van der Waals surface area contributed by atoms with Crippen LogP contribution in [0, 0.1) is 19.8 Å². The highest BCUT2D eigenvalue weighted by Crippen LogP contribution is 2.27. The largest absolute Gasteiger partial charge is 0.490 e. The molecule has 2 atom stereocenters. The van der Waals surface area contributed by atoms with Gasteiger partial charge < -0.3 is 10.1 Å². The third kappa shape index (κ3) is 3.05. The number of hydrogen-bond acceptors (Lipinski definition) is 2. The normalized spacial score (nSPS) is 20.9. The van der Waals surface area contributed by atoms with Crippen molar-refractivity contribution in [3.05, 3.63) is 29.3 Å². The summed E-state index contributed by atoms with van der Waals surface area (Å²) in [7, 11) is 0. The molecule has 0 amide bonds. The van der Waals surface area contributed by atoms with Gasteiger partial charge in [0.15, 0.2) is 0 Å². The van der Waals surface area contributed by atoms with Crippen LogP contribution in [0.2, 0.25) is 0 Å². The molecule has 100 valence electrons. The minimum Gasteiger partial charge on any atom is -0.490 e. The maximum absolute atomic E-state index is 6.31. The highest BCUT2D eigenvalue weighted by atomic mass is 16.5. The van der Waals surface area contributed by atoms with Gasteiger partial charge in [0.2, 0.25) is 0 Å². The highest BCUT2D eigenvalue weighted by Gasteiger charge is 2.26. The Bertz CT molecular complexity index is 383. The number of aryl methyl sites for hydroxylation is 1. The molecule has 1 aromatic carbocycles. The van der Waals surface area contributed by atoms with E-state index in [0.29, 0.717) is 12.0 Å². The van der Waals surface area contributed by atoms with Gasteiger partial charge in [0.1, 0.15) is 11.9 Å². The Morgan fingerprint density at radius 2 is 2.22 bits per heavy atom. The standard InChI is InChI=1S/C16H25NO/c1-4-6-16(14-9-10-17-11-14)18-15-8-5-7-12(2)13(15)3/h5,7-8,14,16-17H,4,6,9-11H2,1-3H3/t14?,16-/m1/s1. The molecule has 0 saturated carbocycles. The van der Waals surface area contributed by atoms with Gasteiger partial charge in [-0.3, -0.25) is 0 Å². The monoisotopic (exact) mass is 247 g/mol. The number of ether oxygens (including phenoxy) is 1. The van der Waals surface area contributed by atoms with E-state index in [4.69, 9.17) is 4.74 Å². The average molecular weight is 247 g/mol. The second-order valence-electron chi connectivity index (χ2n) is 5.40. The maximum Gasteiger partial charge on any atom is 0.122 e. The molecule has 18 heavy (non-hydrogen) atoms. The van der Waals surface area contributed by atoms with Gasteiger partial charge in [-0.25, -0.2) is 0 Å². The van der Waals surface area contributed by atoms with Crippen LogP contribution in [0.3, 0.4) is 0 Å². The number of benzene rings is 1. The molecule has 2 nitrogen and oxygen atoms in total. The minimum atomic E-state index is 0.366. The summed E-state index contributed by atoms with van der Waals surface area (Å²) >= 11 is 0. The lowest BCUT2D eigenvalue weighted by Gasteiger charge is -2.25. The van der Waals surface area contributed by atoms with Crippen molar-refractivity contribution in [1.82, 2.24) is 5.32 Å². The fraction of sp³-hybridized carbons (Fsp3) is 0.625. The number of hydrogen-bond donors (Lipinski definition) is 1. The highest BCUT2D eigenvalue weighted by molar-refractivity contribution is 5.38. The summed E-state index contributed by atoms with van der Waals surface area (Å²) in [5, 5.41) is 3.44. The molecule has 2 heteroatoms. The van der Waals surface area contributed by atoms with Crippen molar-refractivity contribution < 1.29 is 4.74 Å². The summed E-state index contributed by atoms with van der Waals surface area (Å²) in [6.07, 6.45) is 3.95. The molecule has 1 unspecified atom stereocenters. The predicted octanol–water partition coefficient (Wildman–Crippen LogP) is 3.46. The van der Waals surface area contributed by atoms with E-state index in [9.17, 15) is 0 Å². The summed E-state index contributed by atoms with van der Waals surface area (Å²) in [5.41, 5.74) is 2.59. The summed E-state index contributed by atoms with van der Waals surface area (Å²) in [5.74, 6) is 1.74. The van der Waals surface area contributed by atoms with E-state index in [1.165, 1.54) is 24.0 Å². The second-order valence-corrected chi connectivity index (χ2v) is 5.40. The molecule has 1 aliphatic rings. The average Bonchev–Trinajstić information content (AvgIpc) is 2.88. The van der Waals surface area contributed by atoms with Gasteiger partial charge in [-0.05, 0) is 50.4 Å². The lowest BCUT2D eigenvalue weighted by Crippen LogP contribution is -2.29. The SMILES string of the molecule is CCC[C@@H](Oc1cccc(C)c1C)C1CCNC1. The minimum absolute atomic E-state index is 0.366. The smallest absolute Gasteiger partial charge is 0.122 e. The van der Waals surface area contributed by atoms with Gasteiger partial charge >= 0.3 is 0 Å². The van der Waals surface area contributed by atoms with Gasteiger partial charge in [0.25, 0.3) is 0 Å². The van der Waals surface area contributed by atoms with E-state index in [-0.39, 0.29) is 0 Å². The second kappa shape index (κ2) is 6.24. The van der Waals surface area contributed by atoms with E-state index in [1.54, 1.807) is 0 Å². The topological polar surface area (TPSA) is 21.3 Å². The van der Waals surface area contributed by atoms with Crippen LogP contribution >= 0.6 is 0 Å². The van der Waals surface area contributed by atoms with Crippen molar-refractivity contribution in [1.29, 1.82) is 0 Å². The number of nitrogens with one attached hydrogen (secondary N) is 1. The quantitative estimate of drug-likeness (QED) is 0.860. The van der Waals surface area contributed by atoms with Crippen LogP contribution in [0.4, 0.5) is 0 Å². The first-order valence-corrected chi connectivity index (χ1v) is 7.16. The zero-order valence-corrected chi connectivity index (χ0v) is 11.8. The van der Waals surface area contributed by atoms with Crippen LogP contribution in [0.5, 0.6) is 5.75 Å². The molecule has 1 N–H and O–H groups in total. The van der Waals surface area contributed by atoms with Gasteiger partial charge in [-0.2, -0.15) is 0 Å². The van der Waals surface area contributed by atoms with E-state index >= 15 is 0 Å². The Balaban J connectivity index is 2.10. The Morgan fingerprint density at radius 1 is 1.39 bits per heavy atom. The summed E-state index contributed by atoms with van der Waals surface area (Å²) < 4.78 is 6.31. The van der Waals surface area contributed by atoms with Gasteiger partial charge in [-0.1, -0.05) is 25.5 Å². The van der Waals surface area contributed by atoms with Crippen LogP contribution in [0.1, 0.15) is 37.3 Å². The van der Waals surface area contributed by atoms with Crippen molar-refractivity contribution in [2.24, 2.45) is 5.92 Å². The lowest BCUT2D eigenvalue weighted by atomic mass is 9.97. The summed E-state index contributed by atoms with van der Waals surface area (Å²) in [6.45, 7) is 8.78. The Morgan fingerprint density at radius 3 is 2.89 bits per heavy atom. The van der Waals surface area contributed by atoms with Crippen LogP contribution in [-0.4, -0.2) is 19.2 Å². The molecular formula is C16H25NO. The Kier molecular flexibility index (Phi) is 4.65. The van der Waals surface area contributed by atoms with Crippen LogP contribution < -0.4 is 10.1 Å². The first-order valence-electron chi connectivity index (χ1n) is 7.16. The van der Waals surface area contributed by atoms with Crippen LogP contribution in [0.15, 0.2) is 18.2 Å². The first kappa shape index (κ1) is 13.4. The van der Waals surface area contributed by atoms with Crippen LogP contribution in [-0.2, 0) is 0 Å². The molecule has 1 fully saturated rings. The predicted molar refractivity (Wildman–Crippen MR) is 76.2 cm³/mol. The van der Waals surface area contributed by atoms with Crippen molar-refractivity contribution in [2.75, 3.05) is 13.1 Å². The molecule has 0 aromatic heterocycles. The Hall–Kier alpha value is -1.02. The van der Waals surface area contributed by atoms with E-state index < -0.39 is 0 Å². The number of rotatable bonds is 5. The molecule has 0 spiro atoms. The third-order valence-electron chi connectivity index (χ3n) is 4.03. The molecule has 1 saturated heterocycles. The molecule has 0 bridgehead atoms. The van der Waals surface area contributed by atoms with Crippen molar-refractivity contribution in [3.63, 3.8) is 0 Å². The Labute approximate surface area is 111 Å². The van der Waals surface area contributed by atoms with Crippen molar-refractivity contribution >= 4 is 0 Å². The first-order chi connectivity index (χ1) is 8.72. The maximum atomic E-state index is 6.31. The lowest BCUT2D eigenvalue weighted by molar-refractivity contribution is 0.131. The molecule has 0 radical (unpaired) electrons. The zero-order chi connectivity index (χ0) is 13.0. The van der Waals surface area contributed by atoms with Crippen molar-refractivity contribution in [2.45, 2.75) is 46.1 Å².